The maximum absolute atomic E-state index is 6.53. The molecule has 1 unspecified atom stereocenters. The van der Waals surface area contributed by atoms with Gasteiger partial charge in [0.15, 0.2) is 0 Å². The third-order valence-corrected chi connectivity index (χ3v) is 6.56. The van der Waals surface area contributed by atoms with Gasteiger partial charge in [-0.05, 0) is 57.5 Å². The van der Waals surface area contributed by atoms with E-state index in [0.29, 0.717) is 19.1 Å². The zero-order valence-corrected chi connectivity index (χ0v) is 21.9. The molecule has 0 saturated carbocycles. The van der Waals surface area contributed by atoms with Crippen molar-refractivity contribution in [3.63, 3.8) is 0 Å². The molecule has 1 atom stereocenters. The number of rotatable bonds is 8. The first kappa shape index (κ1) is 25.3. The van der Waals surface area contributed by atoms with E-state index in [1.165, 1.54) is 5.69 Å². The Morgan fingerprint density at radius 2 is 1.94 bits per heavy atom. The van der Waals surface area contributed by atoms with Crippen LogP contribution < -0.4 is 26.2 Å². The maximum Gasteiger partial charge on any atom is 0.229 e. The third kappa shape index (κ3) is 6.05. The molecule has 1 saturated heterocycles. The van der Waals surface area contributed by atoms with Crippen molar-refractivity contribution in [2.45, 2.75) is 58.5 Å². The number of nitrogens with two attached hydrogens (primary N) is 1. The summed E-state index contributed by atoms with van der Waals surface area (Å²) in [7, 11) is 0. The average Bonchev–Trinajstić information content (AvgIpc) is 3.14. The molecule has 4 rings (SSSR count). The van der Waals surface area contributed by atoms with Gasteiger partial charge in [0.1, 0.15) is 11.6 Å². The smallest absolute Gasteiger partial charge is 0.229 e. The normalized spacial score (nSPS) is 20.8. The summed E-state index contributed by atoms with van der Waals surface area (Å²) in [5.41, 5.74) is 9.31. The Hall–Kier alpha value is -2.84. The summed E-state index contributed by atoms with van der Waals surface area (Å²) in [4.78, 5) is 14.1. The second kappa shape index (κ2) is 10.4. The van der Waals surface area contributed by atoms with Gasteiger partial charge in [-0.15, -0.1) is 0 Å². The lowest BCUT2D eigenvalue weighted by atomic mass is 9.87. The van der Waals surface area contributed by atoms with E-state index in [0.717, 1.165) is 61.9 Å². The zero-order valence-electron chi connectivity index (χ0n) is 21.9. The van der Waals surface area contributed by atoms with E-state index in [1.807, 2.05) is 6.20 Å². The topological polar surface area (TPSA) is 91.6 Å². The van der Waals surface area contributed by atoms with Crippen LogP contribution in [0.2, 0.25) is 0 Å². The van der Waals surface area contributed by atoms with Crippen molar-refractivity contribution in [1.29, 1.82) is 0 Å². The summed E-state index contributed by atoms with van der Waals surface area (Å²) >= 11 is 0. The minimum absolute atomic E-state index is 0.223. The second-order valence-corrected chi connectivity index (χ2v) is 10.8. The number of anilines is 4. The van der Waals surface area contributed by atoms with Crippen LogP contribution in [0.25, 0.3) is 0 Å². The van der Waals surface area contributed by atoms with Crippen molar-refractivity contribution in [1.82, 2.24) is 15.3 Å². The van der Waals surface area contributed by atoms with Gasteiger partial charge >= 0.3 is 0 Å². The largest absolute Gasteiger partial charge is 0.385 e. The van der Waals surface area contributed by atoms with Gasteiger partial charge in [0.2, 0.25) is 5.95 Å². The lowest BCUT2D eigenvalue weighted by Gasteiger charge is -2.30. The van der Waals surface area contributed by atoms with Gasteiger partial charge in [0, 0.05) is 61.3 Å². The fraction of sp³-hybridized carbons (Fsp3) is 0.556. The number of piperazine rings is 1. The lowest BCUT2D eigenvalue weighted by molar-refractivity contribution is -0.0253. The fourth-order valence-electron chi connectivity index (χ4n) is 4.50. The van der Waals surface area contributed by atoms with Crippen molar-refractivity contribution >= 4 is 23.1 Å². The summed E-state index contributed by atoms with van der Waals surface area (Å²) in [6.45, 7) is 16.0. The van der Waals surface area contributed by atoms with Crippen molar-refractivity contribution in [3.05, 3.63) is 47.9 Å². The zero-order chi connectivity index (χ0) is 25.1. The van der Waals surface area contributed by atoms with E-state index >= 15 is 0 Å². The van der Waals surface area contributed by atoms with Crippen LogP contribution in [0.15, 0.2) is 42.4 Å². The van der Waals surface area contributed by atoms with Crippen molar-refractivity contribution in [2.24, 2.45) is 5.73 Å². The van der Waals surface area contributed by atoms with Crippen molar-refractivity contribution in [2.75, 3.05) is 54.4 Å². The molecular formula is C27H41N7O. The molecule has 0 bridgehead atoms. The van der Waals surface area contributed by atoms with Crippen LogP contribution in [-0.4, -0.2) is 54.9 Å². The molecule has 2 aliphatic heterocycles. The number of unbranched alkanes of at least 4 members (excludes halogenated alkanes) is 1. The standard InChI is InChI=1S/C27H41N7O/c1-6-7-8-23(28)34-18-27(5,19-35-26(2,3)4)22-17-30-25(32-24(22)34)31-20-9-11-21(12-10-20)33-15-13-29-14-16-33/h8-12,17,29H,6-7,13-16,18-19,28H2,1-5H3,(H,30,31,32)/b23-8+. The number of hydrogen-bond acceptors (Lipinski definition) is 8. The molecule has 35 heavy (non-hydrogen) atoms. The third-order valence-electron chi connectivity index (χ3n) is 6.56. The van der Waals surface area contributed by atoms with E-state index in [4.69, 9.17) is 15.5 Å². The van der Waals surface area contributed by atoms with Gasteiger partial charge < -0.3 is 30.9 Å². The first-order valence-corrected chi connectivity index (χ1v) is 12.8. The van der Waals surface area contributed by atoms with Gasteiger partial charge in [-0.25, -0.2) is 4.98 Å². The summed E-state index contributed by atoms with van der Waals surface area (Å²) in [5, 5.41) is 6.78. The summed E-state index contributed by atoms with van der Waals surface area (Å²) in [6, 6.07) is 8.48. The van der Waals surface area contributed by atoms with Gasteiger partial charge in [-0.2, -0.15) is 4.98 Å². The quantitative estimate of drug-likeness (QED) is 0.521. The lowest BCUT2D eigenvalue weighted by Crippen LogP contribution is -2.43. The van der Waals surface area contributed by atoms with E-state index < -0.39 is 0 Å². The number of ether oxygens (including phenoxy) is 1. The van der Waals surface area contributed by atoms with Gasteiger partial charge in [0.05, 0.1) is 12.2 Å². The molecule has 1 fully saturated rings. The fourth-order valence-corrected chi connectivity index (χ4v) is 4.50. The van der Waals surface area contributed by atoms with Gasteiger partial charge in [-0.3, -0.25) is 0 Å². The Morgan fingerprint density at radius 3 is 2.60 bits per heavy atom. The molecule has 1 aromatic carbocycles. The van der Waals surface area contributed by atoms with Crippen LogP contribution >= 0.6 is 0 Å². The summed E-state index contributed by atoms with van der Waals surface area (Å²) < 4.78 is 6.20. The highest BCUT2D eigenvalue weighted by Gasteiger charge is 2.42. The number of nitrogens with zero attached hydrogens (tertiary/aromatic N) is 4. The summed E-state index contributed by atoms with van der Waals surface area (Å²) in [5.74, 6) is 2.15. The Kier molecular flexibility index (Phi) is 7.52. The van der Waals surface area contributed by atoms with Gasteiger partial charge in [-0.1, -0.05) is 20.3 Å². The predicted octanol–water partition coefficient (Wildman–Crippen LogP) is 4.12. The SMILES string of the molecule is CCC/C=C(\N)N1CC(C)(COC(C)(C)C)c2cnc(Nc3ccc(N4CCNCC4)cc3)nc21. The minimum Gasteiger partial charge on any atom is -0.385 e. The van der Waals surface area contributed by atoms with Crippen LogP contribution in [0.3, 0.4) is 0 Å². The molecule has 0 radical (unpaired) electrons. The van der Waals surface area contributed by atoms with E-state index in [1.54, 1.807) is 0 Å². The molecular weight excluding hydrogens is 438 g/mol. The number of nitrogens with one attached hydrogen (secondary N) is 2. The van der Waals surface area contributed by atoms with E-state index in [9.17, 15) is 0 Å². The minimum atomic E-state index is -0.253. The Labute approximate surface area is 210 Å². The van der Waals surface area contributed by atoms with Crippen molar-refractivity contribution in [3.8, 4) is 0 Å². The van der Waals surface area contributed by atoms with Crippen LogP contribution in [0.5, 0.6) is 0 Å². The number of fused-ring (bicyclic) bond motifs is 1. The molecule has 190 valence electrons. The van der Waals surface area contributed by atoms with Gasteiger partial charge in [0.25, 0.3) is 0 Å². The van der Waals surface area contributed by atoms with Crippen LogP contribution in [-0.2, 0) is 10.2 Å². The number of allylic oxidation sites excluding steroid dienone is 1. The maximum atomic E-state index is 6.53. The molecule has 8 heteroatoms. The first-order chi connectivity index (χ1) is 16.7. The molecule has 2 aliphatic rings. The van der Waals surface area contributed by atoms with Crippen LogP contribution in [0, 0.1) is 0 Å². The molecule has 1 aromatic heterocycles. The second-order valence-electron chi connectivity index (χ2n) is 10.8. The Bertz CT molecular complexity index is 1020. The molecule has 0 spiro atoms. The first-order valence-electron chi connectivity index (χ1n) is 12.8. The molecule has 3 heterocycles. The van der Waals surface area contributed by atoms with Crippen LogP contribution in [0.1, 0.15) is 53.0 Å². The Balaban J connectivity index is 1.57. The number of aromatic nitrogens is 2. The number of hydrogen-bond donors (Lipinski definition) is 3. The number of benzene rings is 1. The highest BCUT2D eigenvalue weighted by molar-refractivity contribution is 5.65. The van der Waals surface area contributed by atoms with E-state index in [-0.39, 0.29) is 11.0 Å². The molecule has 2 aromatic rings. The highest BCUT2D eigenvalue weighted by Crippen LogP contribution is 2.41. The predicted molar refractivity (Wildman–Crippen MR) is 144 cm³/mol. The molecule has 8 nitrogen and oxygen atoms in total. The highest BCUT2D eigenvalue weighted by atomic mass is 16.5. The molecule has 0 amide bonds. The average molecular weight is 480 g/mol. The Morgan fingerprint density at radius 1 is 1.23 bits per heavy atom. The monoisotopic (exact) mass is 479 g/mol. The van der Waals surface area contributed by atoms with Crippen LogP contribution in [0.4, 0.5) is 23.1 Å². The molecule has 4 N–H and O–H groups in total. The van der Waals surface area contributed by atoms with Crippen molar-refractivity contribution < 1.29 is 4.74 Å². The molecule has 0 aliphatic carbocycles. The summed E-state index contributed by atoms with van der Waals surface area (Å²) in [6.07, 6.45) is 6.00. The van der Waals surface area contributed by atoms with E-state index in [2.05, 4.69) is 90.4 Å².